The van der Waals surface area contributed by atoms with Crippen molar-refractivity contribution in [3.8, 4) is 5.75 Å². The van der Waals surface area contributed by atoms with Crippen molar-refractivity contribution in [2.45, 2.75) is 19.3 Å². The number of hydrogen-bond donors (Lipinski definition) is 4. The highest BCUT2D eigenvalue weighted by Crippen LogP contribution is 2.34. The summed E-state index contributed by atoms with van der Waals surface area (Å²) >= 11 is 0. The number of esters is 1. The van der Waals surface area contributed by atoms with E-state index in [0.29, 0.717) is 35.0 Å². The number of carbonyl (C=O) groups excluding carboxylic acids is 1. The minimum atomic E-state index is -0.351. The van der Waals surface area contributed by atoms with Crippen LogP contribution in [0, 0.1) is 5.92 Å². The first-order chi connectivity index (χ1) is 14.8. The van der Waals surface area contributed by atoms with Gasteiger partial charge in [0.15, 0.2) is 0 Å². The van der Waals surface area contributed by atoms with Gasteiger partial charge in [-0.25, -0.2) is 4.79 Å². The van der Waals surface area contributed by atoms with Gasteiger partial charge in [-0.1, -0.05) is 31.2 Å². The lowest BCUT2D eigenvalue weighted by Gasteiger charge is -2.39. The third kappa shape index (κ3) is 4.94. The predicted octanol–water partition coefficient (Wildman–Crippen LogP) is 2.69. The van der Waals surface area contributed by atoms with E-state index in [-0.39, 0.29) is 23.5 Å². The minimum absolute atomic E-state index is 0.0991. The largest absolute Gasteiger partial charge is 0.507 e. The molecular formula is C24H30N4O3. The number of piperidine rings is 1. The molecule has 1 heterocycles. The minimum Gasteiger partial charge on any atom is -0.507 e. The normalized spacial score (nSPS) is 19.0. The van der Waals surface area contributed by atoms with E-state index in [0.717, 1.165) is 18.5 Å². The fourth-order valence-electron chi connectivity index (χ4n) is 4.01. The van der Waals surface area contributed by atoms with Crippen molar-refractivity contribution in [3.05, 3.63) is 82.8 Å². The Labute approximate surface area is 182 Å². The molecule has 3 rings (SSSR count). The van der Waals surface area contributed by atoms with Gasteiger partial charge >= 0.3 is 5.97 Å². The molecule has 7 heteroatoms. The van der Waals surface area contributed by atoms with Crippen molar-refractivity contribution in [1.82, 2.24) is 4.90 Å². The first-order valence-electron chi connectivity index (χ1n) is 10.3. The number of likely N-dealkylation sites (tertiary alicyclic amines) is 1. The highest BCUT2D eigenvalue weighted by Gasteiger charge is 2.29. The molecule has 1 aliphatic rings. The quantitative estimate of drug-likeness (QED) is 0.431. The number of methoxy groups -OCH3 is 1. The molecule has 0 saturated carbocycles. The van der Waals surface area contributed by atoms with Crippen LogP contribution >= 0.6 is 0 Å². The topological polar surface area (TPSA) is 128 Å². The molecule has 0 aromatic heterocycles. The maximum atomic E-state index is 11.7. The average Bonchev–Trinajstić information content (AvgIpc) is 2.77. The molecule has 0 spiro atoms. The lowest BCUT2D eigenvalue weighted by atomic mass is 9.81. The van der Waals surface area contributed by atoms with Gasteiger partial charge in [0.25, 0.3) is 0 Å². The van der Waals surface area contributed by atoms with E-state index in [4.69, 9.17) is 21.9 Å². The maximum Gasteiger partial charge on any atom is 0.337 e. The molecule has 0 amide bonds. The van der Waals surface area contributed by atoms with E-state index in [1.807, 2.05) is 18.2 Å². The van der Waals surface area contributed by atoms with Gasteiger partial charge in [-0.15, -0.1) is 0 Å². The highest BCUT2D eigenvalue weighted by atomic mass is 16.5. The lowest BCUT2D eigenvalue weighted by molar-refractivity contribution is 0.0600. The third-order valence-electron chi connectivity index (χ3n) is 5.86. The van der Waals surface area contributed by atoms with Crippen LogP contribution in [0.15, 0.2) is 66.1 Å². The Kier molecular flexibility index (Phi) is 6.74. The Balaban J connectivity index is 1.86. The molecule has 1 unspecified atom stereocenters. The van der Waals surface area contributed by atoms with Crippen molar-refractivity contribution in [3.63, 3.8) is 0 Å². The Morgan fingerprint density at radius 1 is 1.13 bits per heavy atom. The number of carbonyl (C=O) groups is 1. The van der Waals surface area contributed by atoms with Crippen LogP contribution in [-0.4, -0.2) is 36.2 Å². The molecule has 0 radical (unpaired) electrons. The molecular weight excluding hydrogens is 392 g/mol. The summed E-state index contributed by atoms with van der Waals surface area (Å²) in [6.45, 7) is 3.71. The second kappa shape index (κ2) is 9.47. The van der Waals surface area contributed by atoms with Gasteiger partial charge in [0, 0.05) is 30.3 Å². The Hall–Kier alpha value is -3.61. The predicted molar refractivity (Wildman–Crippen MR) is 122 cm³/mol. The van der Waals surface area contributed by atoms with Gasteiger partial charge in [-0.2, -0.15) is 0 Å². The molecule has 164 valence electrons. The maximum absolute atomic E-state index is 11.7. The summed E-state index contributed by atoms with van der Waals surface area (Å²) in [4.78, 5) is 13.9. The summed E-state index contributed by atoms with van der Waals surface area (Å²) in [5.41, 5.74) is 21.5. The van der Waals surface area contributed by atoms with E-state index in [2.05, 4.69) is 11.8 Å². The Morgan fingerprint density at radius 3 is 2.42 bits per heavy atom. The second-order valence-electron chi connectivity index (χ2n) is 7.89. The lowest BCUT2D eigenvalue weighted by Crippen LogP contribution is -2.39. The number of nitrogens with two attached hydrogens (primary N) is 3. The summed E-state index contributed by atoms with van der Waals surface area (Å²) in [6, 6.07) is 14.4. The average molecular weight is 423 g/mol. The molecule has 1 fully saturated rings. The summed E-state index contributed by atoms with van der Waals surface area (Å²) in [7, 11) is 1.37. The first-order valence-corrected chi connectivity index (χ1v) is 10.3. The van der Waals surface area contributed by atoms with Crippen molar-refractivity contribution >= 4 is 11.7 Å². The number of ether oxygens (including phenoxy) is 1. The molecule has 2 aromatic carbocycles. The van der Waals surface area contributed by atoms with E-state index < -0.39 is 0 Å². The van der Waals surface area contributed by atoms with E-state index in [1.165, 1.54) is 7.11 Å². The van der Waals surface area contributed by atoms with Crippen LogP contribution in [0.4, 0.5) is 0 Å². The monoisotopic (exact) mass is 422 g/mol. The molecule has 1 saturated heterocycles. The molecule has 1 aliphatic heterocycles. The van der Waals surface area contributed by atoms with Crippen LogP contribution in [0.5, 0.6) is 5.75 Å². The van der Waals surface area contributed by atoms with Crippen LogP contribution in [-0.2, 0) is 4.74 Å². The molecule has 2 atom stereocenters. The van der Waals surface area contributed by atoms with Crippen LogP contribution in [0.2, 0.25) is 0 Å². The molecule has 0 aliphatic carbocycles. The summed E-state index contributed by atoms with van der Waals surface area (Å²) in [5.74, 6) is 0.597. The van der Waals surface area contributed by atoms with Gasteiger partial charge < -0.3 is 31.9 Å². The zero-order chi connectivity index (χ0) is 22.5. The number of phenolic OH excluding ortho intramolecular Hbond substituents is 1. The number of phenols is 1. The van der Waals surface area contributed by atoms with E-state index >= 15 is 0 Å². The SMILES string of the molecule is COC(=O)c1ccc(C2CN(C(/C=C(\N)c3ccccc3O)=C(N)N)CC[C@H]2C)cc1. The van der Waals surface area contributed by atoms with Crippen LogP contribution in [0.3, 0.4) is 0 Å². The van der Waals surface area contributed by atoms with Crippen LogP contribution < -0.4 is 17.2 Å². The molecule has 7 N–H and O–H groups in total. The summed E-state index contributed by atoms with van der Waals surface area (Å²) in [5, 5.41) is 10.1. The Bertz CT molecular complexity index is 994. The molecule has 7 nitrogen and oxygen atoms in total. The van der Waals surface area contributed by atoms with Gasteiger partial charge in [-0.05, 0) is 48.2 Å². The fourth-order valence-corrected chi connectivity index (χ4v) is 4.01. The van der Waals surface area contributed by atoms with Crippen molar-refractivity contribution < 1.29 is 14.6 Å². The fraction of sp³-hybridized carbons (Fsp3) is 0.292. The van der Waals surface area contributed by atoms with Gasteiger partial charge in [-0.3, -0.25) is 0 Å². The highest BCUT2D eigenvalue weighted by molar-refractivity contribution is 5.89. The number of rotatable bonds is 5. The van der Waals surface area contributed by atoms with Crippen molar-refractivity contribution in [2.24, 2.45) is 23.1 Å². The van der Waals surface area contributed by atoms with Gasteiger partial charge in [0.1, 0.15) is 11.6 Å². The van der Waals surface area contributed by atoms with Crippen LogP contribution in [0.25, 0.3) is 5.70 Å². The molecule has 2 aromatic rings. The van der Waals surface area contributed by atoms with Crippen molar-refractivity contribution in [1.29, 1.82) is 0 Å². The number of hydrogen-bond acceptors (Lipinski definition) is 7. The zero-order valence-electron chi connectivity index (χ0n) is 17.9. The number of allylic oxidation sites excluding steroid dienone is 1. The zero-order valence-corrected chi connectivity index (χ0v) is 17.9. The number of aromatic hydroxyl groups is 1. The number of para-hydroxylation sites is 1. The Morgan fingerprint density at radius 2 is 1.81 bits per heavy atom. The van der Waals surface area contributed by atoms with E-state index in [9.17, 15) is 9.90 Å². The van der Waals surface area contributed by atoms with Gasteiger partial charge in [0.05, 0.1) is 18.4 Å². The van der Waals surface area contributed by atoms with E-state index in [1.54, 1.807) is 36.4 Å². The standard InChI is InChI=1S/C24H30N4O3/c1-15-11-12-28(14-19(15)16-7-9-17(10-8-16)24(30)31-2)21(23(26)27)13-20(25)18-5-3-4-6-22(18)29/h3-10,13,15,19,29H,11-12,14,25-27H2,1-2H3/b20-13-/t15-,19?/m1/s1. The van der Waals surface area contributed by atoms with Gasteiger partial charge in [0.2, 0.25) is 0 Å². The van der Waals surface area contributed by atoms with Crippen molar-refractivity contribution in [2.75, 3.05) is 20.2 Å². The first kappa shape index (κ1) is 22.1. The summed E-state index contributed by atoms with van der Waals surface area (Å²) in [6.07, 6.45) is 2.67. The van der Waals surface area contributed by atoms with Crippen LogP contribution in [0.1, 0.15) is 40.7 Å². The smallest absolute Gasteiger partial charge is 0.337 e. The number of nitrogens with zero attached hydrogens (tertiary/aromatic N) is 1. The summed E-state index contributed by atoms with van der Waals surface area (Å²) < 4.78 is 4.78. The third-order valence-corrected chi connectivity index (χ3v) is 5.86. The number of benzene rings is 2. The second-order valence-corrected chi connectivity index (χ2v) is 7.89. The molecule has 31 heavy (non-hydrogen) atoms. The molecule has 0 bridgehead atoms.